The zero-order chi connectivity index (χ0) is 13.7. The molecule has 0 aromatic carbocycles. The topological polar surface area (TPSA) is 72.9 Å². The molecule has 1 aliphatic carbocycles. The van der Waals surface area contributed by atoms with Crippen molar-refractivity contribution in [1.29, 1.82) is 0 Å². The van der Waals surface area contributed by atoms with Gasteiger partial charge in [-0.05, 0) is 25.8 Å². The van der Waals surface area contributed by atoms with Gasteiger partial charge in [-0.3, -0.25) is 9.48 Å². The molecule has 0 unspecified atom stereocenters. The molecule has 1 fully saturated rings. The van der Waals surface area contributed by atoms with Gasteiger partial charge in [-0.1, -0.05) is 19.3 Å². The molecule has 1 heterocycles. The molecular weight excluding hydrogens is 240 g/mol. The van der Waals surface area contributed by atoms with E-state index >= 15 is 0 Å². The fourth-order valence-corrected chi connectivity index (χ4v) is 2.67. The summed E-state index contributed by atoms with van der Waals surface area (Å²) in [4.78, 5) is 11.7. The van der Waals surface area contributed by atoms with E-state index in [1.54, 1.807) is 4.68 Å². The first-order valence-corrected chi connectivity index (χ1v) is 7.24. The minimum Gasteiger partial charge on any atom is -0.330 e. The Labute approximate surface area is 114 Å². The van der Waals surface area contributed by atoms with Gasteiger partial charge in [-0.15, -0.1) is 0 Å². The molecule has 0 aliphatic heterocycles. The third-order valence-electron chi connectivity index (χ3n) is 3.80. The summed E-state index contributed by atoms with van der Waals surface area (Å²) in [6, 6.07) is 2.02. The SMILES string of the molecule is Cn1nc(C2CCCCC2)cc1NC(=O)CCCN. The van der Waals surface area contributed by atoms with Gasteiger partial charge in [0.2, 0.25) is 5.91 Å². The molecule has 1 amide bonds. The standard InChI is InChI=1S/C14H24N4O/c1-18-13(16-14(19)8-5-9-15)10-12(17-18)11-6-3-2-4-7-11/h10-11H,2-9,15H2,1H3,(H,16,19). The summed E-state index contributed by atoms with van der Waals surface area (Å²) in [7, 11) is 1.88. The highest BCUT2D eigenvalue weighted by molar-refractivity contribution is 5.89. The van der Waals surface area contributed by atoms with Crippen LogP contribution in [0.4, 0.5) is 5.82 Å². The maximum absolute atomic E-state index is 11.7. The summed E-state index contributed by atoms with van der Waals surface area (Å²) in [6.07, 6.45) is 7.56. The number of anilines is 1. The third-order valence-corrected chi connectivity index (χ3v) is 3.80. The first kappa shape index (κ1) is 14.1. The molecule has 1 saturated carbocycles. The number of hydrogen-bond donors (Lipinski definition) is 2. The number of carbonyl (C=O) groups is 1. The maximum Gasteiger partial charge on any atom is 0.225 e. The molecule has 0 radical (unpaired) electrons. The molecule has 1 aromatic rings. The van der Waals surface area contributed by atoms with E-state index in [-0.39, 0.29) is 5.91 Å². The summed E-state index contributed by atoms with van der Waals surface area (Å²) in [5.74, 6) is 1.38. The van der Waals surface area contributed by atoms with E-state index in [0.29, 0.717) is 18.9 Å². The average molecular weight is 264 g/mol. The number of carbonyl (C=O) groups excluding carboxylic acids is 1. The molecule has 1 aromatic heterocycles. The van der Waals surface area contributed by atoms with Crippen LogP contribution in [0, 0.1) is 0 Å². The summed E-state index contributed by atoms with van der Waals surface area (Å²) in [5, 5.41) is 7.46. The van der Waals surface area contributed by atoms with E-state index in [1.807, 2.05) is 13.1 Å². The molecule has 1 aliphatic rings. The predicted octanol–water partition coefficient (Wildman–Crippen LogP) is 2.15. The van der Waals surface area contributed by atoms with Gasteiger partial charge in [0.05, 0.1) is 5.69 Å². The number of aryl methyl sites for hydroxylation is 1. The monoisotopic (exact) mass is 264 g/mol. The van der Waals surface area contributed by atoms with Gasteiger partial charge >= 0.3 is 0 Å². The van der Waals surface area contributed by atoms with Crippen LogP contribution in [0.15, 0.2) is 6.07 Å². The molecule has 5 nitrogen and oxygen atoms in total. The van der Waals surface area contributed by atoms with E-state index < -0.39 is 0 Å². The van der Waals surface area contributed by atoms with Gasteiger partial charge in [-0.25, -0.2) is 0 Å². The maximum atomic E-state index is 11.7. The van der Waals surface area contributed by atoms with E-state index in [0.717, 1.165) is 17.9 Å². The second-order valence-electron chi connectivity index (χ2n) is 5.35. The van der Waals surface area contributed by atoms with Gasteiger partial charge in [-0.2, -0.15) is 5.10 Å². The average Bonchev–Trinajstić information content (AvgIpc) is 2.79. The Hall–Kier alpha value is -1.36. The summed E-state index contributed by atoms with van der Waals surface area (Å²) < 4.78 is 1.77. The first-order chi connectivity index (χ1) is 9.20. The number of hydrogen-bond acceptors (Lipinski definition) is 3. The Bertz CT molecular complexity index is 421. The minimum atomic E-state index is 0.0173. The van der Waals surface area contributed by atoms with E-state index in [2.05, 4.69) is 10.4 Å². The Morgan fingerprint density at radius 3 is 2.89 bits per heavy atom. The lowest BCUT2D eigenvalue weighted by Gasteiger charge is -2.19. The molecule has 0 spiro atoms. The van der Waals surface area contributed by atoms with Crippen molar-refractivity contribution in [2.45, 2.75) is 50.9 Å². The van der Waals surface area contributed by atoms with Crippen LogP contribution in [0.2, 0.25) is 0 Å². The van der Waals surface area contributed by atoms with E-state index in [9.17, 15) is 4.79 Å². The molecule has 106 valence electrons. The third kappa shape index (κ3) is 3.80. The quantitative estimate of drug-likeness (QED) is 0.855. The van der Waals surface area contributed by atoms with Crippen molar-refractivity contribution in [3.8, 4) is 0 Å². The lowest BCUT2D eigenvalue weighted by atomic mass is 9.87. The lowest BCUT2D eigenvalue weighted by Crippen LogP contribution is -2.15. The van der Waals surface area contributed by atoms with Crippen molar-refractivity contribution >= 4 is 11.7 Å². The number of nitrogens with one attached hydrogen (secondary N) is 1. The van der Waals surface area contributed by atoms with Crippen molar-refractivity contribution in [1.82, 2.24) is 9.78 Å². The van der Waals surface area contributed by atoms with E-state index in [4.69, 9.17) is 5.73 Å². The van der Waals surface area contributed by atoms with Gasteiger partial charge in [0.1, 0.15) is 5.82 Å². The largest absolute Gasteiger partial charge is 0.330 e. The summed E-state index contributed by atoms with van der Waals surface area (Å²) in [5.41, 5.74) is 6.53. The predicted molar refractivity (Wildman–Crippen MR) is 76.0 cm³/mol. The highest BCUT2D eigenvalue weighted by atomic mass is 16.1. The summed E-state index contributed by atoms with van der Waals surface area (Å²) in [6.45, 7) is 0.548. The van der Waals surface area contributed by atoms with Crippen LogP contribution in [0.3, 0.4) is 0 Å². The number of nitrogens with two attached hydrogens (primary N) is 1. The van der Waals surface area contributed by atoms with Crippen LogP contribution in [-0.2, 0) is 11.8 Å². The molecule has 3 N–H and O–H groups in total. The highest BCUT2D eigenvalue weighted by Crippen LogP contribution is 2.32. The molecule has 0 saturated heterocycles. The van der Waals surface area contributed by atoms with Gasteiger partial charge in [0.25, 0.3) is 0 Å². The van der Waals surface area contributed by atoms with Crippen molar-refractivity contribution < 1.29 is 4.79 Å². The van der Waals surface area contributed by atoms with Crippen LogP contribution in [0.25, 0.3) is 0 Å². The zero-order valence-electron chi connectivity index (χ0n) is 11.7. The second-order valence-corrected chi connectivity index (χ2v) is 5.35. The normalized spacial score (nSPS) is 16.5. The fourth-order valence-electron chi connectivity index (χ4n) is 2.67. The minimum absolute atomic E-state index is 0.0173. The Kier molecular flexibility index (Phi) is 4.96. The van der Waals surface area contributed by atoms with Crippen molar-refractivity contribution in [2.24, 2.45) is 12.8 Å². The second kappa shape index (κ2) is 6.70. The van der Waals surface area contributed by atoms with Crippen LogP contribution >= 0.6 is 0 Å². The Morgan fingerprint density at radius 2 is 2.21 bits per heavy atom. The Morgan fingerprint density at radius 1 is 1.47 bits per heavy atom. The molecule has 0 atom stereocenters. The lowest BCUT2D eigenvalue weighted by molar-refractivity contribution is -0.116. The smallest absolute Gasteiger partial charge is 0.225 e. The van der Waals surface area contributed by atoms with Gasteiger partial charge in [0.15, 0.2) is 0 Å². The molecule has 19 heavy (non-hydrogen) atoms. The fraction of sp³-hybridized carbons (Fsp3) is 0.714. The first-order valence-electron chi connectivity index (χ1n) is 7.24. The Balaban J connectivity index is 1.97. The van der Waals surface area contributed by atoms with Gasteiger partial charge in [0, 0.05) is 25.5 Å². The summed E-state index contributed by atoms with van der Waals surface area (Å²) >= 11 is 0. The number of nitrogens with zero attached hydrogens (tertiary/aromatic N) is 2. The zero-order valence-corrected chi connectivity index (χ0v) is 11.7. The van der Waals surface area contributed by atoms with Crippen molar-refractivity contribution in [2.75, 3.05) is 11.9 Å². The van der Waals surface area contributed by atoms with Crippen LogP contribution in [-0.4, -0.2) is 22.2 Å². The van der Waals surface area contributed by atoms with Crippen molar-refractivity contribution in [3.63, 3.8) is 0 Å². The van der Waals surface area contributed by atoms with Crippen molar-refractivity contribution in [3.05, 3.63) is 11.8 Å². The van der Waals surface area contributed by atoms with E-state index in [1.165, 1.54) is 32.1 Å². The number of aromatic nitrogens is 2. The molecule has 2 rings (SSSR count). The number of rotatable bonds is 5. The highest BCUT2D eigenvalue weighted by Gasteiger charge is 2.19. The molecule has 5 heteroatoms. The van der Waals surface area contributed by atoms with Crippen LogP contribution < -0.4 is 11.1 Å². The van der Waals surface area contributed by atoms with Crippen LogP contribution in [0.5, 0.6) is 0 Å². The molecule has 0 bridgehead atoms. The molecular formula is C14H24N4O. The van der Waals surface area contributed by atoms with Crippen LogP contribution in [0.1, 0.15) is 56.6 Å². The van der Waals surface area contributed by atoms with Gasteiger partial charge < -0.3 is 11.1 Å². The number of amides is 1.